The minimum Gasteiger partial charge on any atom is -0.423 e. The van der Waals surface area contributed by atoms with E-state index in [1.807, 2.05) is 10.8 Å². The summed E-state index contributed by atoms with van der Waals surface area (Å²) in [4.78, 5) is 8.46. The molecule has 0 bridgehead atoms. The number of rotatable bonds is 3. The van der Waals surface area contributed by atoms with Gasteiger partial charge in [0.2, 0.25) is 0 Å². The number of nitrogens with zero attached hydrogens (tertiary/aromatic N) is 4. The molecule has 4 N–H and O–H groups in total. The predicted molar refractivity (Wildman–Crippen MR) is 94.2 cm³/mol. The second-order valence-corrected chi connectivity index (χ2v) is 7.50. The van der Waals surface area contributed by atoms with Crippen molar-refractivity contribution in [2.24, 2.45) is 0 Å². The molecule has 25 heavy (non-hydrogen) atoms. The Hall–Kier alpha value is -2.39. The fourth-order valence-corrected chi connectivity index (χ4v) is 3.17. The monoisotopic (exact) mass is 341 g/mol. The molecular weight excluding hydrogens is 321 g/mol. The van der Waals surface area contributed by atoms with Gasteiger partial charge in [-0.2, -0.15) is 0 Å². The lowest BCUT2D eigenvalue weighted by atomic mass is 9.76. The molecule has 0 aromatic carbocycles. The van der Waals surface area contributed by atoms with E-state index < -0.39 is 7.12 Å². The van der Waals surface area contributed by atoms with Crippen molar-refractivity contribution in [3.63, 3.8) is 0 Å². The van der Waals surface area contributed by atoms with Crippen molar-refractivity contribution < 1.29 is 14.6 Å². The molecule has 4 rings (SSSR count). The van der Waals surface area contributed by atoms with Crippen LogP contribution in [0.15, 0.2) is 17.0 Å². The van der Waals surface area contributed by atoms with Gasteiger partial charge in [0.15, 0.2) is 0 Å². The van der Waals surface area contributed by atoms with Crippen LogP contribution in [0.5, 0.6) is 0 Å². The maximum atomic E-state index is 9.91. The molecule has 0 unspecified atom stereocenters. The molecule has 0 saturated heterocycles. The zero-order chi connectivity index (χ0) is 17.9. The fourth-order valence-electron chi connectivity index (χ4n) is 3.17. The summed E-state index contributed by atoms with van der Waals surface area (Å²) in [6.45, 7) is 6.15. The van der Waals surface area contributed by atoms with E-state index >= 15 is 0 Å². The molecule has 9 heteroatoms. The topological polar surface area (TPSA) is 123 Å². The van der Waals surface area contributed by atoms with Crippen molar-refractivity contribution in [2.45, 2.75) is 45.1 Å². The lowest BCUT2D eigenvalue weighted by Crippen LogP contribution is -2.33. The molecule has 1 aliphatic carbocycles. The first-order valence-corrected chi connectivity index (χ1v) is 8.27. The average molecular weight is 341 g/mol. The first-order chi connectivity index (χ1) is 11.8. The van der Waals surface area contributed by atoms with Crippen molar-refractivity contribution in [3.05, 3.63) is 18.3 Å². The van der Waals surface area contributed by atoms with Crippen molar-refractivity contribution >= 4 is 29.4 Å². The van der Waals surface area contributed by atoms with Gasteiger partial charge in [0, 0.05) is 23.2 Å². The number of nitrogens with two attached hydrogens (primary N) is 1. The van der Waals surface area contributed by atoms with Crippen LogP contribution in [-0.2, 0) is 5.54 Å². The van der Waals surface area contributed by atoms with Crippen molar-refractivity contribution in [1.82, 2.24) is 19.7 Å². The Balaban J connectivity index is 2.02. The summed E-state index contributed by atoms with van der Waals surface area (Å²) >= 11 is 0. The van der Waals surface area contributed by atoms with Gasteiger partial charge in [-0.05, 0) is 33.6 Å². The number of nitrogen functional groups attached to an aromatic ring is 1. The largest absolute Gasteiger partial charge is 0.494 e. The van der Waals surface area contributed by atoms with Crippen LogP contribution in [0.3, 0.4) is 0 Å². The zero-order valence-electron chi connectivity index (χ0n) is 14.4. The standard InChI is InChI=1S/C16H20BN5O3/c1-16(2,3)22-6-9(10-14(18)19-7-20-15(10)22)12-11(17(23)24)13(25-21-12)8-4-5-8/h6-8,23-24H,4-5H2,1-3H3,(H2,18,19,20). The summed E-state index contributed by atoms with van der Waals surface area (Å²) in [5.74, 6) is 1.05. The molecule has 0 radical (unpaired) electrons. The molecule has 3 aromatic heterocycles. The quantitative estimate of drug-likeness (QED) is 0.607. The van der Waals surface area contributed by atoms with Gasteiger partial charge in [-0.1, -0.05) is 5.16 Å². The van der Waals surface area contributed by atoms with Gasteiger partial charge in [-0.3, -0.25) is 0 Å². The third kappa shape index (κ3) is 2.51. The van der Waals surface area contributed by atoms with E-state index in [9.17, 15) is 10.0 Å². The second-order valence-electron chi connectivity index (χ2n) is 7.50. The number of anilines is 1. The van der Waals surface area contributed by atoms with Gasteiger partial charge in [-0.15, -0.1) is 0 Å². The Labute approximate surface area is 144 Å². The van der Waals surface area contributed by atoms with Gasteiger partial charge >= 0.3 is 7.12 Å². The highest BCUT2D eigenvalue weighted by atomic mass is 16.5. The summed E-state index contributed by atoms with van der Waals surface area (Å²) in [5.41, 5.74) is 7.85. The van der Waals surface area contributed by atoms with E-state index in [1.165, 1.54) is 6.33 Å². The third-order valence-electron chi connectivity index (χ3n) is 4.55. The molecule has 1 aliphatic rings. The number of aromatic nitrogens is 4. The summed E-state index contributed by atoms with van der Waals surface area (Å²) < 4.78 is 7.44. The molecular formula is C16H20BN5O3. The Bertz CT molecular complexity index is 953. The fraction of sp³-hybridized carbons (Fsp3) is 0.438. The number of hydrogen-bond donors (Lipinski definition) is 3. The lowest BCUT2D eigenvalue weighted by molar-refractivity contribution is 0.384. The van der Waals surface area contributed by atoms with Crippen LogP contribution in [-0.4, -0.2) is 36.9 Å². The Morgan fingerprint density at radius 2 is 2.00 bits per heavy atom. The molecule has 8 nitrogen and oxygen atoms in total. The molecule has 1 saturated carbocycles. The summed E-state index contributed by atoms with van der Waals surface area (Å²) in [5, 5.41) is 24.6. The van der Waals surface area contributed by atoms with Gasteiger partial charge in [-0.25, -0.2) is 9.97 Å². The maximum absolute atomic E-state index is 9.91. The van der Waals surface area contributed by atoms with Gasteiger partial charge in [0.1, 0.15) is 29.2 Å². The van der Waals surface area contributed by atoms with Crippen LogP contribution < -0.4 is 11.2 Å². The van der Waals surface area contributed by atoms with Gasteiger partial charge in [0.05, 0.1) is 10.8 Å². The highest BCUT2D eigenvalue weighted by Crippen LogP contribution is 2.41. The van der Waals surface area contributed by atoms with Crippen LogP contribution >= 0.6 is 0 Å². The predicted octanol–water partition coefficient (Wildman–Crippen LogP) is 0.981. The van der Waals surface area contributed by atoms with Gasteiger partial charge in [0.25, 0.3) is 0 Å². The average Bonchev–Trinajstić information content (AvgIpc) is 3.13. The Morgan fingerprint density at radius 1 is 1.28 bits per heavy atom. The van der Waals surface area contributed by atoms with E-state index in [-0.39, 0.29) is 11.5 Å². The van der Waals surface area contributed by atoms with E-state index in [0.717, 1.165) is 12.8 Å². The first kappa shape index (κ1) is 16.1. The van der Waals surface area contributed by atoms with Crippen LogP contribution in [0.25, 0.3) is 22.3 Å². The molecule has 1 fully saturated rings. The molecule has 0 aliphatic heterocycles. The summed E-state index contributed by atoms with van der Waals surface area (Å²) in [6.07, 6.45) is 5.22. The second kappa shape index (κ2) is 5.30. The third-order valence-corrected chi connectivity index (χ3v) is 4.55. The van der Waals surface area contributed by atoms with E-state index in [4.69, 9.17) is 10.3 Å². The minimum atomic E-state index is -1.67. The first-order valence-electron chi connectivity index (χ1n) is 8.27. The van der Waals surface area contributed by atoms with Crippen LogP contribution in [0.1, 0.15) is 45.3 Å². The van der Waals surface area contributed by atoms with Crippen LogP contribution in [0.2, 0.25) is 0 Å². The molecule has 3 heterocycles. The highest BCUT2D eigenvalue weighted by Gasteiger charge is 2.38. The van der Waals surface area contributed by atoms with E-state index in [0.29, 0.717) is 39.3 Å². The molecule has 0 atom stereocenters. The number of fused-ring (bicyclic) bond motifs is 1. The Morgan fingerprint density at radius 3 is 2.60 bits per heavy atom. The van der Waals surface area contributed by atoms with E-state index in [1.54, 1.807) is 0 Å². The van der Waals surface area contributed by atoms with Gasteiger partial charge < -0.3 is 24.9 Å². The molecule has 130 valence electrons. The van der Waals surface area contributed by atoms with Crippen molar-refractivity contribution in [3.8, 4) is 11.3 Å². The summed E-state index contributed by atoms with van der Waals surface area (Å²) in [6, 6.07) is 0. The lowest BCUT2D eigenvalue weighted by Gasteiger charge is -2.21. The van der Waals surface area contributed by atoms with Crippen molar-refractivity contribution in [1.29, 1.82) is 0 Å². The zero-order valence-corrected chi connectivity index (χ0v) is 14.4. The molecule has 0 amide bonds. The van der Waals surface area contributed by atoms with E-state index in [2.05, 4.69) is 35.9 Å². The molecule has 3 aromatic rings. The van der Waals surface area contributed by atoms with Crippen LogP contribution in [0, 0.1) is 0 Å². The van der Waals surface area contributed by atoms with Crippen LogP contribution in [0.4, 0.5) is 5.82 Å². The molecule has 0 spiro atoms. The number of hydrogen-bond acceptors (Lipinski definition) is 7. The normalized spacial score (nSPS) is 15.1. The summed E-state index contributed by atoms with van der Waals surface area (Å²) in [7, 11) is -1.67. The SMILES string of the molecule is CC(C)(C)n1cc(-c2noc(C3CC3)c2B(O)O)c2c(N)ncnc21. The maximum Gasteiger partial charge on any atom is 0.494 e. The van der Waals surface area contributed by atoms with Crippen molar-refractivity contribution in [2.75, 3.05) is 5.73 Å². The highest BCUT2D eigenvalue weighted by molar-refractivity contribution is 6.61. The smallest absolute Gasteiger partial charge is 0.423 e. The minimum absolute atomic E-state index is 0.197. The Kier molecular flexibility index (Phi) is 3.42.